The Morgan fingerprint density at radius 3 is 2.17 bits per heavy atom. The minimum atomic E-state index is -1.63. The zero-order chi connectivity index (χ0) is 29.8. The van der Waals surface area contributed by atoms with Crippen LogP contribution in [-0.2, 0) is 30.4 Å². The van der Waals surface area contributed by atoms with Gasteiger partial charge in [0.2, 0.25) is 23.6 Å². The quantitative estimate of drug-likeness (QED) is 0.0547. The third kappa shape index (κ3) is 9.55. The third-order valence-electron chi connectivity index (χ3n) is 5.86. The minimum Gasteiger partial charge on any atom is -0.480 e. The highest BCUT2D eigenvalue weighted by Crippen LogP contribution is 2.19. The van der Waals surface area contributed by atoms with Crippen molar-refractivity contribution in [2.45, 2.75) is 49.9 Å². The van der Waals surface area contributed by atoms with E-state index in [1.54, 1.807) is 18.3 Å². The highest BCUT2D eigenvalue weighted by molar-refractivity contribution is 5.95. The van der Waals surface area contributed by atoms with Gasteiger partial charge in [0.15, 0.2) is 5.96 Å². The van der Waals surface area contributed by atoms with Crippen LogP contribution in [-0.4, -0.2) is 88.1 Å². The molecule has 4 unspecified atom stereocenters. The van der Waals surface area contributed by atoms with Crippen molar-refractivity contribution in [2.75, 3.05) is 13.2 Å². The molecule has 218 valence electrons. The topological polar surface area (TPSA) is 294 Å². The van der Waals surface area contributed by atoms with Gasteiger partial charge < -0.3 is 54.1 Å². The van der Waals surface area contributed by atoms with Crippen LogP contribution in [0.2, 0.25) is 0 Å². The zero-order valence-corrected chi connectivity index (χ0v) is 21.6. The normalized spacial score (nSPS) is 13.8. The number of aliphatic imine (C=N–C) groups is 1. The molecule has 0 saturated carbocycles. The lowest BCUT2D eigenvalue weighted by Crippen LogP contribution is -2.58. The van der Waals surface area contributed by atoms with Crippen LogP contribution in [0.4, 0.5) is 0 Å². The second kappa shape index (κ2) is 15.0. The van der Waals surface area contributed by atoms with Gasteiger partial charge in [0.05, 0.1) is 13.0 Å². The number of nitrogens with zero attached hydrogens (tertiary/aromatic N) is 1. The maximum absolute atomic E-state index is 13.3. The first kappa shape index (κ1) is 31.5. The number of carboxylic acids is 1. The molecule has 0 bridgehead atoms. The van der Waals surface area contributed by atoms with Crippen molar-refractivity contribution in [2.24, 2.45) is 27.9 Å². The zero-order valence-electron chi connectivity index (χ0n) is 21.6. The van der Waals surface area contributed by atoms with Crippen LogP contribution in [0, 0.1) is 0 Å². The number of carbonyl (C=O) groups excluding carboxylic acids is 4. The number of primary amides is 1. The van der Waals surface area contributed by atoms with E-state index in [0.717, 1.165) is 10.9 Å². The number of rotatable bonds is 16. The van der Waals surface area contributed by atoms with E-state index in [0.29, 0.717) is 5.56 Å². The Morgan fingerprint density at radius 2 is 1.55 bits per heavy atom. The van der Waals surface area contributed by atoms with E-state index in [4.69, 9.17) is 22.9 Å². The second-order valence-electron chi connectivity index (χ2n) is 8.99. The summed E-state index contributed by atoms with van der Waals surface area (Å²) in [5.74, 6) is -5.10. The number of amides is 4. The maximum Gasteiger partial charge on any atom is 0.326 e. The number of aliphatic carboxylic acids is 1. The number of hydrogen-bond acceptors (Lipinski definition) is 8. The van der Waals surface area contributed by atoms with Crippen LogP contribution < -0.4 is 38.9 Å². The van der Waals surface area contributed by atoms with Gasteiger partial charge in [-0.3, -0.25) is 24.2 Å². The molecule has 0 aliphatic rings. The maximum atomic E-state index is 13.3. The second-order valence-corrected chi connectivity index (χ2v) is 8.99. The van der Waals surface area contributed by atoms with Gasteiger partial charge in [-0.1, -0.05) is 18.2 Å². The molecule has 0 spiro atoms. The Balaban J connectivity index is 2.33. The number of aromatic amines is 1. The number of nitrogens with one attached hydrogen (secondary N) is 4. The summed E-state index contributed by atoms with van der Waals surface area (Å²) in [5.41, 5.74) is 22.7. The average Bonchev–Trinajstić information content (AvgIpc) is 3.31. The van der Waals surface area contributed by atoms with Crippen LogP contribution in [0.25, 0.3) is 10.9 Å². The lowest BCUT2D eigenvalue weighted by molar-refractivity contribution is -0.143. The average molecular weight is 562 g/mol. The van der Waals surface area contributed by atoms with Gasteiger partial charge in [0.1, 0.15) is 24.2 Å². The Morgan fingerprint density at radius 1 is 0.925 bits per heavy atom. The van der Waals surface area contributed by atoms with E-state index in [2.05, 4.69) is 25.9 Å². The van der Waals surface area contributed by atoms with Gasteiger partial charge >= 0.3 is 5.97 Å². The van der Waals surface area contributed by atoms with E-state index in [-0.39, 0.29) is 31.8 Å². The fourth-order valence-corrected chi connectivity index (χ4v) is 3.81. The first-order chi connectivity index (χ1) is 18.9. The van der Waals surface area contributed by atoms with Gasteiger partial charge in [0, 0.05) is 30.1 Å². The summed E-state index contributed by atoms with van der Waals surface area (Å²) in [7, 11) is 0. The van der Waals surface area contributed by atoms with Crippen LogP contribution in [0.3, 0.4) is 0 Å². The van der Waals surface area contributed by atoms with Crippen molar-refractivity contribution in [1.82, 2.24) is 20.9 Å². The number of H-pyrrole nitrogens is 1. The molecular weight excluding hydrogens is 526 g/mol. The predicted molar refractivity (Wildman–Crippen MR) is 144 cm³/mol. The van der Waals surface area contributed by atoms with E-state index >= 15 is 0 Å². The molecule has 2 rings (SSSR count). The molecule has 40 heavy (non-hydrogen) atoms. The fourth-order valence-electron chi connectivity index (χ4n) is 3.81. The summed E-state index contributed by atoms with van der Waals surface area (Å²) in [6.45, 7) is -0.531. The van der Waals surface area contributed by atoms with E-state index in [1.165, 1.54) is 0 Å². The molecule has 4 amide bonds. The number of fused-ring (bicyclic) bond motifs is 1. The fraction of sp³-hybridized carbons (Fsp3) is 0.417. The molecule has 14 N–H and O–H groups in total. The SMILES string of the molecule is NC(=O)CC(NC(=O)C(Cc1c[nH]c2ccccc12)NC(=O)C(CCCN=C(N)N)NC(=O)C(N)CO)C(=O)O. The van der Waals surface area contributed by atoms with Crippen LogP contribution >= 0.6 is 0 Å². The van der Waals surface area contributed by atoms with E-state index < -0.39 is 66.8 Å². The number of hydrogen-bond donors (Lipinski definition) is 10. The third-order valence-corrected chi connectivity index (χ3v) is 5.86. The summed E-state index contributed by atoms with van der Waals surface area (Å²) >= 11 is 0. The van der Waals surface area contributed by atoms with Crippen molar-refractivity contribution < 1.29 is 34.2 Å². The molecule has 0 saturated heterocycles. The lowest BCUT2D eigenvalue weighted by Gasteiger charge is -2.25. The first-order valence-electron chi connectivity index (χ1n) is 12.3. The molecule has 1 heterocycles. The Bertz CT molecular complexity index is 1240. The number of aliphatic hydroxyl groups excluding tert-OH is 1. The lowest BCUT2D eigenvalue weighted by atomic mass is 10.0. The van der Waals surface area contributed by atoms with Gasteiger partial charge in [-0.15, -0.1) is 0 Å². The van der Waals surface area contributed by atoms with Crippen molar-refractivity contribution in [1.29, 1.82) is 0 Å². The molecule has 1 aromatic heterocycles. The van der Waals surface area contributed by atoms with E-state index in [1.807, 2.05) is 12.1 Å². The molecule has 0 aliphatic heterocycles. The molecule has 16 nitrogen and oxygen atoms in total. The van der Waals surface area contributed by atoms with Crippen molar-refractivity contribution in [3.8, 4) is 0 Å². The number of nitrogens with two attached hydrogens (primary N) is 4. The summed E-state index contributed by atoms with van der Waals surface area (Å²) in [5, 5.41) is 26.6. The standard InChI is InChI=1S/C24H35N9O7/c25-14(11-34)20(36)31-16(6-3-7-29-24(27)28)21(37)32-17(22(38)33-18(23(39)40)9-19(26)35)8-12-10-30-15-5-2-1-4-13(12)15/h1-2,4-5,10,14,16-18,30,34H,3,6-9,11,25H2,(H2,26,35)(H,31,36)(H,32,37)(H,33,38)(H,39,40)(H4,27,28,29). The number of aromatic nitrogens is 1. The molecule has 1 aromatic carbocycles. The Kier molecular flexibility index (Phi) is 11.8. The van der Waals surface area contributed by atoms with Crippen molar-refractivity contribution in [3.63, 3.8) is 0 Å². The van der Waals surface area contributed by atoms with Gasteiger partial charge in [0.25, 0.3) is 0 Å². The number of benzene rings is 1. The van der Waals surface area contributed by atoms with Crippen molar-refractivity contribution in [3.05, 3.63) is 36.0 Å². The molecule has 0 radical (unpaired) electrons. The summed E-state index contributed by atoms with van der Waals surface area (Å²) in [6, 6.07) is 1.73. The van der Waals surface area contributed by atoms with Crippen molar-refractivity contribution >= 4 is 46.5 Å². The Hall–Kier alpha value is -4.70. The van der Waals surface area contributed by atoms with Crippen LogP contribution in [0.1, 0.15) is 24.8 Å². The largest absolute Gasteiger partial charge is 0.480 e. The minimum absolute atomic E-state index is 0.0351. The molecular formula is C24H35N9O7. The molecule has 0 aliphatic carbocycles. The monoisotopic (exact) mass is 561 g/mol. The smallest absolute Gasteiger partial charge is 0.326 e. The van der Waals surface area contributed by atoms with E-state index in [9.17, 15) is 34.2 Å². The number of carbonyl (C=O) groups is 5. The summed E-state index contributed by atoms with van der Waals surface area (Å²) in [6.07, 6.45) is 1.19. The molecule has 4 atom stereocenters. The predicted octanol–water partition coefficient (Wildman–Crippen LogP) is -3.50. The molecule has 16 heteroatoms. The highest BCUT2D eigenvalue weighted by Gasteiger charge is 2.31. The summed E-state index contributed by atoms with van der Waals surface area (Å²) < 4.78 is 0. The number of aliphatic hydroxyl groups is 1. The number of para-hydroxylation sites is 1. The number of carboxylic acid groups (broad SMARTS) is 1. The molecule has 0 fully saturated rings. The van der Waals surface area contributed by atoms with Gasteiger partial charge in [-0.25, -0.2) is 4.79 Å². The van der Waals surface area contributed by atoms with Gasteiger partial charge in [-0.2, -0.15) is 0 Å². The Labute approximate surface area is 228 Å². The van der Waals surface area contributed by atoms with Crippen LogP contribution in [0.5, 0.6) is 0 Å². The first-order valence-corrected chi connectivity index (χ1v) is 12.3. The van der Waals surface area contributed by atoms with Crippen LogP contribution in [0.15, 0.2) is 35.5 Å². The summed E-state index contributed by atoms with van der Waals surface area (Å²) in [4.78, 5) is 68.7. The van der Waals surface area contributed by atoms with Gasteiger partial charge in [-0.05, 0) is 24.5 Å². The number of guanidine groups is 1. The molecule has 2 aromatic rings. The highest BCUT2D eigenvalue weighted by atomic mass is 16.4.